The summed E-state index contributed by atoms with van der Waals surface area (Å²) in [6.07, 6.45) is 0.859. The summed E-state index contributed by atoms with van der Waals surface area (Å²) in [5.74, 6) is 1.57. The Morgan fingerprint density at radius 1 is 1.25 bits per heavy atom. The lowest BCUT2D eigenvalue weighted by Gasteiger charge is -2.10. The maximum absolute atomic E-state index is 6.21. The first-order chi connectivity index (χ1) is 9.51. The van der Waals surface area contributed by atoms with Crippen LogP contribution in [0.5, 0.6) is 5.88 Å². The van der Waals surface area contributed by atoms with Crippen molar-refractivity contribution in [3.05, 3.63) is 32.6 Å². The molecule has 0 N–H and O–H groups in total. The number of nitrogens with zero attached hydrogens (tertiary/aromatic N) is 3. The first-order valence-electron chi connectivity index (χ1n) is 6.24. The summed E-state index contributed by atoms with van der Waals surface area (Å²) in [5, 5.41) is 0.468. The molecule has 0 atom stereocenters. The van der Waals surface area contributed by atoms with Gasteiger partial charge in [0.1, 0.15) is 10.8 Å². The molecule has 106 valence electrons. The largest absolute Gasteiger partial charge is 0.481 e. The molecule has 0 aliphatic rings. The second-order valence-corrected chi connectivity index (χ2v) is 6.20. The number of hydrogen-bond donors (Lipinski definition) is 0. The molecule has 6 heteroatoms. The van der Waals surface area contributed by atoms with Crippen molar-refractivity contribution in [1.82, 2.24) is 15.0 Å². The first kappa shape index (κ1) is 15.4. The second-order valence-electron chi connectivity index (χ2n) is 4.76. The van der Waals surface area contributed by atoms with Crippen molar-refractivity contribution in [2.24, 2.45) is 5.92 Å². The van der Waals surface area contributed by atoms with Gasteiger partial charge in [0.25, 0.3) is 0 Å². The highest BCUT2D eigenvalue weighted by Crippen LogP contribution is 2.25. The first-order valence-corrected chi connectivity index (χ1v) is 7.70. The smallest absolute Gasteiger partial charge is 0.213 e. The fourth-order valence-corrected chi connectivity index (χ4v) is 2.40. The fraction of sp³-hybridized carbons (Fsp3) is 0.357. The molecular weight excluding hydrogens is 389 g/mol. The molecule has 0 saturated heterocycles. The van der Waals surface area contributed by atoms with Gasteiger partial charge in [-0.05, 0) is 41.0 Å². The molecule has 2 aromatic heterocycles. The van der Waals surface area contributed by atoms with Gasteiger partial charge in [0.05, 0.1) is 16.4 Å². The molecular formula is C14H15ClIN3O. The van der Waals surface area contributed by atoms with Crippen molar-refractivity contribution < 1.29 is 4.74 Å². The van der Waals surface area contributed by atoms with Gasteiger partial charge in [-0.1, -0.05) is 31.5 Å². The van der Waals surface area contributed by atoms with Crippen LogP contribution in [0.25, 0.3) is 11.5 Å². The van der Waals surface area contributed by atoms with Crippen LogP contribution >= 0.6 is 34.2 Å². The van der Waals surface area contributed by atoms with Crippen LogP contribution in [0.3, 0.4) is 0 Å². The maximum atomic E-state index is 6.21. The van der Waals surface area contributed by atoms with Crippen molar-refractivity contribution in [3.8, 4) is 17.4 Å². The SMILES string of the molecule is COc1cccc(-c2nc(Cl)c(I)c(CC(C)C)n2)n1. The Labute approximate surface area is 137 Å². The predicted octanol–water partition coefficient (Wildman–Crippen LogP) is 4.00. The maximum Gasteiger partial charge on any atom is 0.213 e. The molecule has 0 spiro atoms. The van der Waals surface area contributed by atoms with Crippen LogP contribution in [-0.4, -0.2) is 22.1 Å². The average molecular weight is 404 g/mol. The number of rotatable bonds is 4. The monoisotopic (exact) mass is 403 g/mol. The van der Waals surface area contributed by atoms with Crippen molar-refractivity contribution in [2.45, 2.75) is 20.3 Å². The van der Waals surface area contributed by atoms with Gasteiger partial charge in [-0.25, -0.2) is 15.0 Å². The van der Waals surface area contributed by atoms with E-state index in [0.29, 0.717) is 28.5 Å². The van der Waals surface area contributed by atoms with Gasteiger partial charge >= 0.3 is 0 Å². The molecule has 0 aromatic carbocycles. The summed E-state index contributed by atoms with van der Waals surface area (Å²) in [4.78, 5) is 13.3. The number of ether oxygens (including phenoxy) is 1. The van der Waals surface area contributed by atoms with E-state index in [9.17, 15) is 0 Å². The molecule has 0 aliphatic heterocycles. The Balaban J connectivity index is 2.48. The summed E-state index contributed by atoms with van der Waals surface area (Å²) in [5.41, 5.74) is 1.62. The van der Waals surface area contributed by atoms with Crippen LogP contribution in [0.4, 0.5) is 0 Å². The zero-order valence-electron chi connectivity index (χ0n) is 11.5. The lowest BCUT2D eigenvalue weighted by atomic mass is 10.1. The molecule has 0 amide bonds. The number of halogens is 2. The Kier molecular flexibility index (Phi) is 5.15. The van der Waals surface area contributed by atoms with Crippen LogP contribution in [0.15, 0.2) is 18.2 Å². The lowest BCUT2D eigenvalue weighted by molar-refractivity contribution is 0.398. The van der Waals surface area contributed by atoms with Crippen LogP contribution in [-0.2, 0) is 6.42 Å². The normalized spacial score (nSPS) is 10.9. The summed E-state index contributed by atoms with van der Waals surface area (Å²) >= 11 is 8.39. The molecule has 0 saturated carbocycles. The predicted molar refractivity (Wildman–Crippen MR) is 88.1 cm³/mol. The molecule has 0 bridgehead atoms. The van der Waals surface area contributed by atoms with Gasteiger partial charge in [-0.15, -0.1) is 0 Å². The Bertz CT molecular complexity index is 619. The molecule has 2 rings (SSSR count). The van der Waals surface area contributed by atoms with Crippen molar-refractivity contribution in [1.29, 1.82) is 0 Å². The fourth-order valence-electron chi connectivity index (χ4n) is 1.75. The van der Waals surface area contributed by atoms with Gasteiger partial charge in [0.15, 0.2) is 5.82 Å². The van der Waals surface area contributed by atoms with E-state index in [2.05, 4.69) is 51.4 Å². The minimum absolute atomic E-state index is 0.468. The average Bonchev–Trinajstić information content (AvgIpc) is 2.43. The van der Waals surface area contributed by atoms with E-state index < -0.39 is 0 Å². The third kappa shape index (κ3) is 3.58. The van der Waals surface area contributed by atoms with Crippen molar-refractivity contribution >= 4 is 34.2 Å². The summed E-state index contributed by atoms with van der Waals surface area (Å²) in [6.45, 7) is 4.30. The quantitative estimate of drug-likeness (QED) is 0.572. The van der Waals surface area contributed by atoms with E-state index in [1.165, 1.54) is 0 Å². The highest BCUT2D eigenvalue weighted by Gasteiger charge is 2.14. The molecule has 0 unspecified atom stereocenters. The third-order valence-electron chi connectivity index (χ3n) is 2.64. The summed E-state index contributed by atoms with van der Waals surface area (Å²) < 4.78 is 6.03. The van der Waals surface area contributed by atoms with E-state index in [1.54, 1.807) is 13.2 Å². The molecule has 0 aliphatic carbocycles. The zero-order valence-corrected chi connectivity index (χ0v) is 14.4. The molecule has 2 heterocycles. The lowest BCUT2D eigenvalue weighted by Crippen LogP contribution is -2.05. The number of hydrogen-bond acceptors (Lipinski definition) is 4. The standard InChI is InChI=1S/C14H15ClIN3O/c1-8(2)7-10-12(16)13(15)19-14(18-10)9-5-4-6-11(17-9)20-3/h4-6,8H,7H2,1-3H3. The van der Waals surface area contributed by atoms with Crippen LogP contribution in [0, 0.1) is 9.49 Å². The highest BCUT2D eigenvalue weighted by atomic mass is 127. The van der Waals surface area contributed by atoms with Crippen LogP contribution < -0.4 is 4.74 Å². The molecule has 0 radical (unpaired) electrons. The van der Waals surface area contributed by atoms with E-state index in [-0.39, 0.29) is 0 Å². The Hall–Kier alpha value is -0.950. The second kappa shape index (κ2) is 6.67. The summed E-state index contributed by atoms with van der Waals surface area (Å²) in [6, 6.07) is 5.49. The van der Waals surface area contributed by atoms with E-state index >= 15 is 0 Å². The number of methoxy groups -OCH3 is 1. The Morgan fingerprint density at radius 3 is 2.65 bits per heavy atom. The van der Waals surface area contributed by atoms with Gasteiger partial charge in [0.2, 0.25) is 5.88 Å². The van der Waals surface area contributed by atoms with E-state index in [0.717, 1.165) is 15.7 Å². The third-order valence-corrected chi connectivity index (χ3v) is 4.37. The van der Waals surface area contributed by atoms with E-state index in [1.807, 2.05) is 12.1 Å². The van der Waals surface area contributed by atoms with Gasteiger partial charge in [-0.3, -0.25) is 0 Å². The summed E-state index contributed by atoms with van der Waals surface area (Å²) in [7, 11) is 1.58. The topological polar surface area (TPSA) is 47.9 Å². The minimum Gasteiger partial charge on any atom is -0.481 e. The Morgan fingerprint density at radius 2 is 2.00 bits per heavy atom. The molecule has 4 nitrogen and oxygen atoms in total. The number of aromatic nitrogens is 3. The van der Waals surface area contributed by atoms with Crippen molar-refractivity contribution in [2.75, 3.05) is 7.11 Å². The highest BCUT2D eigenvalue weighted by molar-refractivity contribution is 14.1. The van der Waals surface area contributed by atoms with Gasteiger partial charge < -0.3 is 4.74 Å². The zero-order chi connectivity index (χ0) is 14.7. The molecule has 2 aromatic rings. The van der Waals surface area contributed by atoms with Gasteiger partial charge in [0, 0.05) is 6.07 Å². The minimum atomic E-state index is 0.468. The van der Waals surface area contributed by atoms with Crippen LogP contribution in [0.1, 0.15) is 19.5 Å². The number of pyridine rings is 1. The molecule has 0 fully saturated rings. The van der Waals surface area contributed by atoms with E-state index in [4.69, 9.17) is 16.3 Å². The molecule has 20 heavy (non-hydrogen) atoms. The van der Waals surface area contributed by atoms with Gasteiger partial charge in [-0.2, -0.15) is 0 Å². The van der Waals surface area contributed by atoms with Crippen molar-refractivity contribution in [3.63, 3.8) is 0 Å². The van der Waals surface area contributed by atoms with Crippen LogP contribution in [0.2, 0.25) is 5.15 Å².